The Bertz CT molecular complexity index is 957. The Morgan fingerprint density at radius 1 is 1.24 bits per heavy atom. The lowest BCUT2D eigenvalue weighted by Crippen LogP contribution is -2.30. The summed E-state index contributed by atoms with van der Waals surface area (Å²) in [6, 6.07) is 8.36. The molecule has 5 heteroatoms. The van der Waals surface area contributed by atoms with Crippen LogP contribution in [-0.2, 0) is 6.42 Å². The zero-order chi connectivity index (χ0) is 17.4. The first-order valence-electron chi connectivity index (χ1n) is 8.70. The second kappa shape index (κ2) is 6.31. The molecule has 0 unspecified atom stereocenters. The van der Waals surface area contributed by atoms with Crippen molar-refractivity contribution in [2.24, 2.45) is 0 Å². The zero-order valence-corrected chi connectivity index (χ0v) is 14.5. The summed E-state index contributed by atoms with van der Waals surface area (Å²) in [5.74, 6) is 0.128. The Morgan fingerprint density at radius 3 is 2.84 bits per heavy atom. The van der Waals surface area contributed by atoms with Gasteiger partial charge in [-0.15, -0.1) is 0 Å². The maximum absolute atomic E-state index is 14.5. The van der Waals surface area contributed by atoms with Crippen LogP contribution in [-0.4, -0.2) is 28.0 Å². The molecule has 0 spiro atoms. The van der Waals surface area contributed by atoms with Gasteiger partial charge in [0, 0.05) is 35.2 Å². The highest BCUT2D eigenvalue weighted by atomic mass is 19.1. The number of rotatable bonds is 3. The van der Waals surface area contributed by atoms with Crippen molar-refractivity contribution >= 4 is 22.3 Å². The summed E-state index contributed by atoms with van der Waals surface area (Å²) in [6.07, 6.45) is 5.10. The number of hydrogen-bond acceptors (Lipinski definition) is 3. The number of nitrogens with one attached hydrogen (secondary N) is 1. The van der Waals surface area contributed by atoms with Gasteiger partial charge in [0.05, 0.1) is 5.69 Å². The molecule has 128 valence electrons. The molecule has 1 N–H and O–H groups in total. The molecule has 0 aliphatic carbocycles. The predicted molar refractivity (Wildman–Crippen MR) is 99.2 cm³/mol. The molecule has 4 rings (SSSR count). The average Bonchev–Trinajstić information content (AvgIpc) is 2.98. The predicted octanol–water partition coefficient (Wildman–Crippen LogP) is 4.26. The molecule has 0 bridgehead atoms. The lowest BCUT2D eigenvalue weighted by Gasteiger charge is -2.28. The quantitative estimate of drug-likeness (QED) is 0.777. The van der Waals surface area contributed by atoms with E-state index in [4.69, 9.17) is 0 Å². The molecule has 1 aliphatic heterocycles. The minimum atomic E-state index is -0.287. The molecule has 0 saturated heterocycles. The highest BCUT2D eigenvalue weighted by molar-refractivity contribution is 5.94. The fourth-order valence-corrected chi connectivity index (χ4v) is 3.64. The number of benzene rings is 1. The molecule has 4 nitrogen and oxygen atoms in total. The van der Waals surface area contributed by atoms with Gasteiger partial charge in [-0.1, -0.05) is 31.2 Å². The standard InChI is InChI=1S/C20H21FN4/c1-3-16-19(21)20(23-12-22-16)25-10-8-14(9-11-25)18-13(2)24-17-7-5-4-6-15(17)18/h4-8,12,24H,3,9-11H2,1-2H3. The Balaban J connectivity index is 1.66. The van der Waals surface area contributed by atoms with Crippen LogP contribution in [0.1, 0.15) is 30.3 Å². The number of H-pyrrole nitrogens is 1. The van der Waals surface area contributed by atoms with E-state index in [0.29, 0.717) is 24.5 Å². The maximum Gasteiger partial charge on any atom is 0.187 e. The number of nitrogens with zero attached hydrogens (tertiary/aromatic N) is 3. The van der Waals surface area contributed by atoms with Crippen LogP contribution in [0.25, 0.3) is 16.5 Å². The molecule has 1 aromatic carbocycles. The van der Waals surface area contributed by atoms with Crippen LogP contribution < -0.4 is 4.90 Å². The molecule has 0 amide bonds. The third-order valence-electron chi connectivity index (χ3n) is 4.90. The van der Waals surface area contributed by atoms with Crippen LogP contribution in [0.3, 0.4) is 0 Å². The van der Waals surface area contributed by atoms with Gasteiger partial charge < -0.3 is 9.88 Å². The fourth-order valence-electron chi connectivity index (χ4n) is 3.64. The van der Waals surface area contributed by atoms with Crippen molar-refractivity contribution in [3.8, 4) is 0 Å². The van der Waals surface area contributed by atoms with Gasteiger partial charge in [0.25, 0.3) is 0 Å². The molecule has 0 saturated carbocycles. The minimum Gasteiger partial charge on any atom is -0.358 e. The zero-order valence-electron chi connectivity index (χ0n) is 14.5. The highest BCUT2D eigenvalue weighted by Crippen LogP contribution is 2.33. The van der Waals surface area contributed by atoms with E-state index in [2.05, 4.69) is 46.2 Å². The van der Waals surface area contributed by atoms with Crippen molar-refractivity contribution in [3.05, 3.63) is 59.4 Å². The van der Waals surface area contributed by atoms with Crippen LogP contribution in [0.2, 0.25) is 0 Å². The van der Waals surface area contributed by atoms with Crippen LogP contribution in [0, 0.1) is 12.7 Å². The number of aryl methyl sites for hydroxylation is 2. The summed E-state index contributed by atoms with van der Waals surface area (Å²) in [4.78, 5) is 13.6. The third-order valence-corrected chi connectivity index (χ3v) is 4.90. The fraction of sp³-hybridized carbons (Fsp3) is 0.300. The number of halogens is 1. The van der Waals surface area contributed by atoms with E-state index in [1.807, 2.05) is 17.9 Å². The van der Waals surface area contributed by atoms with Crippen LogP contribution in [0.15, 0.2) is 36.7 Å². The Hall–Kier alpha value is -2.69. The SMILES string of the molecule is CCc1ncnc(N2CC=C(c3c(C)[nH]c4ccccc34)CC2)c1F. The molecule has 1 aliphatic rings. The van der Waals surface area contributed by atoms with Gasteiger partial charge in [0.1, 0.15) is 6.33 Å². The smallest absolute Gasteiger partial charge is 0.187 e. The summed E-state index contributed by atoms with van der Waals surface area (Å²) < 4.78 is 14.5. The van der Waals surface area contributed by atoms with Crippen LogP contribution in [0.4, 0.5) is 10.2 Å². The maximum atomic E-state index is 14.5. The molecular formula is C20H21FN4. The van der Waals surface area contributed by atoms with Crippen LogP contribution >= 0.6 is 0 Å². The molecule has 2 aromatic heterocycles. The van der Waals surface area contributed by atoms with E-state index in [-0.39, 0.29) is 5.82 Å². The van der Waals surface area contributed by atoms with Gasteiger partial charge in [-0.2, -0.15) is 0 Å². The first-order valence-corrected chi connectivity index (χ1v) is 8.70. The topological polar surface area (TPSA) is 44.8 Å². The largest absolute Gasteiger partial charge is 0.358 e. The van der Waals surface area contributed by atoms with Crippen molar-refractivity contribution in [1.82, 2.24) is 15.0 Å². The van der Waals surface area contributed by atoms with Crippen molar-refractivity contribution in [1.29, 1.82) is 0 Å². The normalized spacial score (nSPS) is 14.8. The Labute approximate surface area is 146 Å². The van der Waals surface area contributed by atoms with Gasteiger partial charge in [0.2, 0.25) is 0 Å². The second-order valence-corrected chi connectivity index (χ2v) is 6.41. The summed E-state index contributed by atoms with van der Waals surface area (Å²) in [5.41, 5.74) is 5.42. The summed E-state index contributed by atoms with van der Waals surface area (Å²) >= 11 is 0. The number of para-hydroxylation sites is 1. The number of fused-ring (bicyclic) bond motifs is 1. The van der Waals surface area contributed by atoms with Gasteiger partial charge >= 0.3 is 0 Å². The van der Waals surface area contributed by atoms with E-state index in [1.54, 1.807) is 0 Å². The summed E-state index contributed by atoms with van der Waals surface area (Å²) in [5, 5.41) is 1.25. The number of aromatic nitrogens is 3. The van der Waals surface area contributed by atoms with Crippen molar-refractivity contribution in [3.63, 3.8) is 0 Å². The minimum absolute atomic E-state index is 0.287. The van der Waals surface area contributed by atoms with Crippen molar-refractivity contribution in [2.75, 3.05) is 18.0 Å². The molecule has 3 aromatic rings. The van der Waals surface area contributed by atoms with Crippen molar-refractivity contribution < 1.29 is 4.39 Å². The molecule has 0 atom stereocenters. The monoisotopic (exact) mass is 336 g/mol. The molecular weight excluding hydrogens is 315 g/mol. The van der Waals surface area contributed by atoms with Gasteiger partial charge in [-0.25, -0.2) is 14.4 Å². The molecule has 3 heterocycles. The molecule has 25 heavy (non-hydrogen) atoms. The van der Waals surface area contributed by atoms with E-state index in [9.17, 15) is 4.39 Å². The van der Waals surface area contributed by atoms with E-state index >= 15 is 0 Å². The summed E-state index contributed by atoms with van der Waals surface area (Å²) in [6.45, 7) is 5.43. The summed E-state index contributed by atoms with van der Waals surface area (Å²) in [7, 11) is 0. The lowest BCUT2D eigenvalue weighted by molar-refractivity contribution is 0.585. The van der Waals surface area contributed by atoms with Gasteiger partial charge in [0.15, 0.2) is 11.6 Å². The Morgan fingerprint density at radius 2 is 2.08 bits per heavy atom. The highest BCUT2D eigenvalue weighted by Gasteiger charge is 2.21. The van der Waals surface area contributed by atoms with E-state index in [0.717, 1.165) is 18.5 Å². The van der Waals surface area contributed by atoms with E-state index < -0.39 is 0 Å². The van der Waals surface area contributed by atoms with Crippen molar-refractivity contribution in [2.45, 2.75) is 26.7 Å². The number of aromatic amines is 1. The van der Waals surface area contributed by atoms with Gasteiger partial charge in [-0.05, 0) is 31.4 Å². The van der Waals surface area contributed by atoms with Gasteiger partial charge in [-0.3, -0.25) is 0 Å². The molecule has 0 fully saturated rings. The average molecular weight is 336 g/mol. The van der Waals surface area contributed by atoms with E-state index in [1.165, 1.54) is 28.5 Å². The first-order chi connectivity index (χ1) is 12.2. The lowest BCUT2D eigenvalue weighted by atomic mass is 9.96. The number of hydrogen-bond donors (Lipinski definition) is 1. The number of anilines is 1. The first kappa shape index (κ1) is 15.8. The van der Waals surface area contributed by atoms with Crippen LogP contribution in [0.5, 0.6) is 0 Å². The Kier molecular flexibility index (Phi) is 3.99. The third kappa shape index (κ3) is 2.69. The molecule has 0 radical (unpaired) electrons. The second-order valence-electron chi connectivity index (χ2n) is 6.41.